The summed E-state index contributed by atoms with van der Waals surface area (Å²) in [6.07, 6.45) is 2.56. The van der Waals surface area contributed by atoms with Crippen LogP contribution in [0.3, 0.4) is 0 Å². The summed E-state index contributed by atoms with van der Waals surface area (Å²) in [6.45, 7) is 12.3. The van der Waals surface area contributed by atoms with Gasteiger partial charge >= 0.3 is 26.2 Å². The zero-order valence-corrected chi connectivity index (χ0v) is 32.9. The van der Waals surface area contributed by atoms with Gasteiger partial charge in [0.15, 0.2) is 0 Å². The van der Waals surface area contributed by atoms with Gasteiger partial charge in [0, 0.05) is 5.92 Å². The van der Waals surface area contributed by atoms with Crippen LogP contribution in [-0.2, 0) is 26.2 Å². The number of hydrogen-bond acceptors (Lipinski definition) is 0. The first-order valence-corrected chi connectivity index (χ1v) is 19.4. The fourth-order valence-corrected chi connectivity index (χ4v) is 13.1. The van der Waals surface area contributed by atoms with E-state index >= 15 is 0 Å². The van der Waals surface area contributed by atoms with Gasteiger partial charge in [-0.2, -0.15) is 0 Å². The molecular weight excluding hydrogens is 719 g/mol. The molecule has 0 fully saturated rings. The van der Waals surface area contributed by atoms with Crippen molar-refractivity contribution in [1.29, 1.82) is 0 Å². The van der Waals surface area contributed by atoms with Crippen LogP contribution in [0.15, 0.2) is 121 Å². The predicted molar refractivity (Wildman–Crippen MR) is 198 cm³/mol. The summed E-state index contributed by atoms with van der Waals surface area (Å²) in [7, 11) is -2.01. The summed E-state index contributed by atoms with van der Waals surface area (Å²) in [4.78, 5) is 0. The van der Waals surface area contributed by atoms with Crippen molar-refractivity contribution < 1.29 is 51.0 Å². The maximum atomic E-state index is 2.61. The van der Waals surface area contributed by atoms with Gasteiger partial charge in [-0.3, -0.25) is 0 Å². The Balaban J connectivity index is 0.00000134. The van der Waals surface area contributed by atoms with Gasteiger partial charge in [0.25, 0.3) is 0 Å². The number of halogens is 2. The van der Waals surface area contributed by atoms with Crippen LogP contribution in [0.4, 0.5) is 0 Å². The van der Waals surface area contributed by atoms with Crippen molar-refractivity contribution in [3.05, 3.63) is 143 Å². The molecule has 2 bridgehead atoms. The zero-order chi connectivity index (χ0) is 30.6. The Bertz CT molecular complexity index is 2400. The Kier molecular flexibility index (Phi) is 9.14. The van der Waals surface area contributed by atoms with Gasteiger partial charge in [0.1, 0.15) is 0 Å². The molecule has 9 rings (SSSR count). The van der Waals surface area contributed by atoms with Crippen molar-refractivity contribution in [3.63, 3.8) is 0 Å². The molecule has 2 aliphatic rings. The Hall–Kier alpha value is -3.13. The second-order valence-electron chi connectivity index (χ2n) is 14.1. The van der Waals surface area contributed by atoms with E-state index in [1.165, 1.54) is 76.8 Å². The van der Waals surface area contributed by atoms with Crippen LogP contribution >= 0.6 is 0 Å². The van der Waals surface area contributed by atoms with Gasteiger partial charge in [-0.25, -0.2) is 0 Å². The minimum absolute atomic E-state index is 0. The molecule has 1 aliphatic heterocycles. The summed E-state index contributed by atoms with van der Waals surface area (Å²) in [5, 5.41) is 11.5. The molecule has 1 radical (unpaired) electrons. The molecule has 235 valence electrons. The van der Waals surface area contributed by atoms with E-state index in [2.05, 4.69) is 155 Å². The van der Waals surface area contributed by atoms with E-state index in [9.17, 15) is 0 Å². The maximum absolute atomic E-state index is 2.61. The maximum Gasteiger partial charge on any atom is 3.00 e. The quantitative estimate of drug-likeness (QED) is 0.179. The van der Waals surface area contributed by atoms with Gasteiger partial charge in [-0.05, 0) is 55.3 Å². The van der Waals surface area contributed by atoms with Crippen LogP contribution in [0.5, 0.6) is 0 Å². The van der Waals surface area contributed by atoms with E-state index in [4.69, 9.17) is 0 Å². The molecule has 0 amide bonds. The molecular formula is C44H37Cl2SiZr. The fraction of sp³-hybridized carbons (Fsp3) is 0.159. The first-order chi connectivity index (χ1) is 21.8. The van der Waals surface area contributed by atoms with Gasteiger partial charge in [-0.15, -0.1) is 33.7 Å². The molecule has 48 heavy (non-hydrogen) atoms. The zero-order valence-electron chi connectivity index (χ0n) is 28.0. The van der Waals surface area contributed by atoms with E-state index in [1.807, 2.05) is 0 Å². The van der Waals surface area contributed by atoms with Gasteiger partial charge in [0.05, 0.1) is 8.07 Å². The van der Waals surface area contributed by atoms with E-state index in [-0.39, 0.29) is 56.9 Å². The van der Waals surface area contributed by atoms with Gasteiger partial charge in [-0.1, -0.05) is 165 Å². The molecule has 1 unspecified atom stereocenters. The molecule has 0 saturated carbocycles. The molecule has 1 atom stereocenters. The molecule has 1 heterocycles. The smallest absolute Gasteiger partial charge is 1.00 e. The first kappa shape index (κ1) is 34.7. The van der Waals surface area contributed by atoms with Crippen LogP contribution in [0.2, 0.25) is 13.1 Å². The minimum atomic E-state index is -2.01. The molecule has 0 spiro atoms. The molecule has 0 aromatic heterocycles. The molecule has 1 aliphatic carbocycles. The normalized spacial score (nSPS) is 15.4. The second-order valence-corrected chi connectivity index (χ2v) is 18.4. The van der Waals surface area contributed by atoms with Crippen molar-refractivity contribution >= 4 is 56.8 Å². The summed E-state index contributed by atoms with van der Waals surface area (Å²) in [6, 6.07) is 43.6. The third kappa shape index (κ3) is 4.82. The van der Waals surface area contributed by atoms with E-state index in [1.54, 1.807) is 15.9 Å². The standard InChI is InChI=1S/C44H37Si.2ClH.Zr/c1-26(2)37-25-38-34(33-19-10-15-28-13-6-8-17-31(28)33)20-12-22-36(38)41(37)39-24-30-23-27(3)43-40(30)42(44(39)45(43,4)5)35-21-11-16-29-14-7-9-18-32(29)35;;;/h6-26,41H,1-5H3;2*1H;/q-1;;;+3/p-2. The third-order valence-corrected chi connectivity index (χ3v) is 14.5. The summed E-state index contributed by atoms with van der Waals surface area (Å²) in [5.74, 6) is 0.693. The van der Waals surface area contributed by atoms with Crippen LogP contribution in [-0.4, -0.2) is 8.07 Å². The SMILES string of the molecule is Cc1[cH-]c2cc(C3C(C(C)C)=Cc4c(-c5cccc6ccccc56)cccc43)c3c(-c4cccc5ccccc45)c2c1[Si]3(C)C.[Cl-].[Cl-].[Zr+3]. The molecule has 7 aromatic rings. The van der Waals surface area contributed by atoms with Crippen molar-refractivity contribution in [3.8, 4) is 22.3 Å². The minimum Gasteiger partial charge on any atom is -1.00 e. The molecule has 0 nitrogen and oxygen atoms in total. The molecule has 0 saturated heterocycles. The Labute approximate surface area is 316 Å². The van der Waals surface area contributed by atoms with Crippen LogP contribution in [0.25, 0.3) is 60.6 Å². The topological polar surface area (TPSA) is 0 Å². The van der Waals surface area contributed by atoms with E-state index in [0.29, 0.717) is 5.92 Å². The summed E-state index contributed by atoms with van der Waals surface area (Å²) < 4.78 is 0. The molecule has 4 heteroatoms. The number of rotatable bonds is 4. The number of benzene rings is 6. The van der Waals surface area contributed by atoms with Crippen molar-refractivity contribution in [2.75, 3.05) is 0 Å². The second kappa shape index (κ2) is 12.6. The molecule has 7 aromatic carbocycles. The number of allylic oxidation sites excluding steroid dienone is 1. The Morgan fingerprint density at radius 2 is 1.21 bits per heavy atom. The number of hydrogen-bond donors (Lipinski definition) is 0. The van der Waals surface area contributed by atoms with Crippen LogP contribution < -0.4 is 35.2 Å². The Morgan fingerprint density at radius 3 is 1.88 bits per heavy atom. The Morgan fingerprint density at radius 1 is 0.646 bits per heavy atom. The van der Waals surface area contributed by atoms with Crippen LogP contribution in [0.1, 0.15) is 42.0 Å². The van der Waals surface area contributed by atoms with E-state index in [0.717, 1.165) is 0 Å². The summed E-state index contributed by atoms with van der Waals surface area (Å²) >= 11 is 0. The van der Waals surface area contributed by atoms with Gasteiger partial charge < -0.3 is 24.8 Å². The van der Waals surface area contributed by atoms with Crippen molar-refractivity contribution in [1.82, 2.24) is 0 Å². The first-order valence-electron chi connectivity index (χ1n) is 16.4. The average Bonchev–Trinajstić information content (AvgIpc) is 3.66. The largest absolute Gasteiger partial charge is 3.00 e. The predicted octanol–water partition coefficient (Wildman–Crippen LogP) is 4.83. The monoisotopic (exact) mass is 753 g/mol. The van der Waals surface area contributed by atoms with Crippen molar-refractivity contribution in [2.45, 2.75) is 39.8 Å². The van der Waals surface area contributed by atoms with Crippen LogP contribution in [0, 0.1) is 12.8 Å². The van der Waals surface area contributed by atoms with Gasteiger partial charge in [0.2, 0.25) is 0 Å². The summed E-state index contributed by atoms with van der Waals surface area (Å²) in [5.41, 5.74) is 13.0. The van der Waals surface area contributed by atoms with Crippen molar-refractivity contribution in [2.24, 2.45) is 5.92 Å². The number of fused-ring (bicyclic) bond motifs is 4. The average molecular weight is 756 g/mol. The molecule has 0 N–H and O–H groups in total. The fourth-order valence-electron chi connectivity index (χ4n) is 9.12. The third-order valence-electron chi connectivity index (χ3n) is 10.9. The number of aryl methyl sites for hydroxylation is 1. The van der Waals surface area contributed by atoms with E-state index < -0.39 is 8.07 Å².